The highest BCUT2D eigenvalue weighted by molar-refractivity contribution is 6.26. The first kappa shape index (κ1) is 11.4. The lowest BCUT2D eigenvalue weighted by Gasteiger charge is -2.12. The molecule has 0 heterocycles. The van der Waals surface area contributed by atoms with Crippen LogP contribution in [0.25, 0.3) is 32.3 Å². The van der Waals surface area contributed by atoms with E-state index in [9.17, 15) is 4.79 Å². The van der Waals surface area contributed by atoms with Gasteiger partial charge in [-0.2, -0.15) is 0 Å². The van der Waals surface area contributed by atoms with E-state index in [-0.39, 0.29) is 5.78 Å². The average Bonchev–Trinajstić information content (AvgIpc) is 2.51. The van der Waals surface area contributed by atoms with E-state index < -0.39 is 0 Å². The van der Waals surface area contributed by atoms with Crippen molar-refractivity contribution in [3.05, 3.63) is 67.1 Å². The Bertz CT molecular complexity index is 934. The minimum atomic E-state index is 0.0999. The molecule has 0 atom stereocenters. The zero-order valence-corrected chi connectivity index (χ0v) is 11.0. The predicted molar refractivity (Wildman–Crippen MR) is 84.5 cm³/mol. The highest BCUT2D eigenvalue weighted by atomic mass is 16.1. The molecular weight excluding hydrogens is 244 g/mol. The summed E-state index contributed by atoms with van der Waals surface area (Å²) < 4.78 is 0. The van der Waals surface area contributed by atoms with Gasteiger partial charge in [-0.3, -0.25) is 4.79 Å². The van der Waals surface area contributed by atoms with Crippen LogP contribution in [0.4, 0.5) is 0 Å². The second-order valence-electron chi connectivity index (χ2n) is 5.14. The summed E-state index contributed by atoms with van der Waals surface area (Å²) in [7, 11) is 0. The van der Waals surface area contributed by atoms with Gasteiger partial charge in [0.15, 0.2) is 5.78 Å². The Labute approximate surface area is 117 Å². The summed E-state index contributed by atoms with van der Waals surface area (Å²) in [6.07, 6.45) is 0.296. The lowest BCUT2D eigenvalue weighted by molar-refractivity contribution is 0.0996. The fourth-order valence-corrected chi connectivity index (χ4v) is 3.11. The van der Waals surface area contributed by atoms with Crippen molar-refractivity contribution in [1.29, 1.82) is 0 Å². The third kappa shape index (κ3) is 1.41. The maximum atomic E-state index is 12.1. The predicted octanol–water partition coefficient (Wildman–Crippen LogP) is 4.99. The van der Waals surface area contributed by atoms with E-state index in [1.165, 1.54) is 26.9 Å². The third-order valence-corrected chi connectivity index (χ3v) is 4.06. The topological polar surface area (TPSA) is 17.1 Å². The van der Waals surface area contributed by atoms with E-state index in [2.05, 4.69) is 49.4 Å². The van der Waals surface area contributed by atoms with E-state index in [0.29, 0.717) is 6.42 Å². The van der Waals surface area contributed by atoms with Gasteiger partial charge in [-0.05, 0) is 39.2 Å². The van der Waals surface area contributed by atoms with Gasteiger partial charge in [-0.1, -0.05) is 54.6 Å². The van der Waals surface area contributed by atoms with E-state index in [0.717, 1.165) is 10.9 Å². The molecule has 0 bridgehead atoms. The van der Waals surface area contributed by atoms with Crippen LogP contribution in [0.1, 0.15) is 16.8 Å². The summed E-state index contributed by atoms with van der Waals surface area (Å²) in [5.74, 6) is 0.0999. The van der Waals surface area contributed by atoms with Gasteiger partial charge in [0.05, 0.1) is 0 Å². The lowest BCUT2D eigenvalue weighted by Crippen LogP contribution is -1.98. The molecule has 20 heavy (non-hydrogen) atoms. The number of hydrogen-bond donors (Lipinski definition) is 0. The monoisotopic (exact) mass is 257 g/mol. The van der Waals surface area contributed by atoms with Crippen LogP contribution in [-0.2, 0) is 0 Å². The molecule has 0 unspecified atom stereocenters. The maximum absolute atomic E-state index is 12.1. The van der Waals surface area contributed by atoms with E-state index >= 15 is 0 Å². The smallest absolute Gasteiger partial charge is 0.163 e. The van der Waals surface area contributed by atoms with Crippen molar-refractivity contribution in [2.45, 2.75) is 6.42 Å². The summed E-state index contributed by atoms with van der Waals surface area (Å²) >= 11 is 0. The quantitative estimate of drug-likeness (QED) is 0.365. The average molecular weight is 257 g/mol. The molecule has 0 aliphatic rings. The van der Waals surface area contributed by atoms with Crippen molar-refractivity contribution in [3.8, 4) is 0 Å². The molecule has 0 aliphatic heterocycles. The maximum Gasteiger partial charge on any atom is 0.163 e. The van der Waals surface area contributed by atoms with E-state index in [4.69, 9.17) is 0 Å². The summed E-state index contributed by atoms with van der Waals surface area (Å²) in [6.45, 7) is 3.72. The van der Waals surface area contributed by atoms with Crippen molar-refractivity contribution in [3.63, 3.8) is 0 Å². The molecule has 0 amide bonds. The van der Waals surface area contributed by atoms with Gasteiger partial charge in [0.25, 0.3) is 0 Å². The van der Waals surface area contributed by atoms with Crippen LogP contribution in [0.15, 0.2) is 54.6 Å². The molecule has 0 spiro atoms. The Morgan fingerprint density at radius 1 is 0.800 bits per heavy atom. The molecule has 0 saturated heterocycles. The fraction of sp³-hybridized carbons (Fsp3) is 0.0526. The molecule has 4 aromatic carbocycles. The van der Waals surface area contributed by atoms with Crippen molar-refractivity contribution in [2.24, 2.45) is 0 Å². The van der Waals surface area contributed by atoms with Crippen LogP contribution in [-0.4, -0.2) is 5.78 Å². The standard InChI is InChI=1S/C19H13O/c1-2-17(20)15-10-8-14-7-6-12-4-3-5-13-9-11-16(15)19(14)18(12)13/h3-11H,1-2H2. The van der Waals surface area contributed by atoms with Gasteiger partial charge in [0.2, 0.25) is 0 Å². The molecule has 1 nitrogen and oxygen atoms in total. The van der Waals surface area contributed by atoms with Gasteiger partial charge >= 0.3 is 0 Å². The molecule has 0 N–H and O–H groups in total. The minimum absolute atomic E-state index is 0.0999. The Kier molecular flexibility index (Phi) is 2.31. The molecular formula is C19H13O. The number of carbonyl (C=O) groups is 1. The van der Waals surface area contributed by atoms with Crippen LogP contribution in [0.3, 0.4) is 0 Å². The number of benzene rings is 4. The van der Waals surface area contributed by atoms with E-state index in [1.807, 2.05) is 12.1 Å². The van der Waals surface area contributed by atoms with Crippen molar-refractivity contribution in [1.82, 2.24) is 0 Å². The van der Waals surface area contributed by atoms with Gasteiger partial charge in [-0.15, -0.1) is 0 Å². The Morgan fingerprint density at radius 2 is 1.40 bits per heavy atom. The highest BCUT2D eigenvalue weighted by Crippen LogP contribution is 2.36. The summed E-state index contributed by atoms with van der Waals surface area (Å²) in [5.41, 5.74) is 0.783. The third-order valence-electron chi connectivity index (χ3n) is 4.06. The molecule has 0 saturated carbocycles. The Balaban J connectivity index is 2.29. The Morgan fingerprint density at radius 3 is 2.10 bits per heavy atom. The normalized spacial score (nSPS) is 11.7. The second-order valence-corrected chi connectivity index (χ2v) is 5.14. The van der Waals surface area contributed by atoms with Crippen LogP contribution in [0, 0.1) is 6.92 Å². The first-order valence-corrected chi connectivity index (χ1v) is 6.78. The molecule has 1 radical (unpaired) electrons. The number of Topliss-reactive ketones (excluding diaryl/α,β-unsaturated/α-hetero) is 1. The van der Waals surface area contributed by atoms with E-state index in [1.54, 1.807) is 0 Å². The number of rotatable bonds is 2. The largest absolute Gasteiger partial charge is 0.294 e. The number of carbonyl (C=O) groups excluding carboxylic acids is 1. The van der Waals surface area contributed by atoms with Crippen LogP contribution >= 0.6 is 0 Å². The fourth-order valence-electron chi connectivity index (χ4n) is 3.11. The van der Waals surface area contributed by atoms with Gasteiger partial charge in [0, 0.05) is 12.0 Å². The number of ketones is 1. The molecule has 4 rings (SSSR count). The second kappa shape index (κ2) is 4.04. The first-order valence-electron chi connectivity index (χ1n) is 6.78. The van der Waals surface area contributed by atoms with Crippen LogP contribution in [0.5, 0.6) is 0 Å². The zero-order valence-electron chi connectivity index (χ0n) is 11.0. The zero-order chi connectivity index (χ0) is 13.7. The lowest BCUT2D eigenvalue weighted by atomic mass is 9.90. The SMILES string of the molecule is [CH2]CC(=O)c1ccc2ccc3cccc4ccc1c2c34. The first-order chi connectivity index (χ1) is 9.79. The minimum Gasteiger partial charge on any atom is -0.294 e. The van der Waals surface area contributed by atoms with Gasteiger partial charge in [0.1, 0.15) is 0 Å². The molecule has 0 aromatic heterocycles. The van der Waals surface area contributed by atoms with Crippen molar-refractivity contribution >= 4 is 38.1 Å². The summed E-state index contributed by atoms with van der Waals surface area (Å²) in [4.78, 5) is 12.1. The molecule has 95 valence electrons. The summed E-state index contributed by atoms with van der Waals surface area (Å²) in [6, 6.07) is 18.7. The van der Waals surface area contributed by atoms with Crippen molar-refractivity contribution in [2.75, 3.05) is 0 Å². The highest BCUT2D eigenvalue weighted by Gasteiger charge is 2.13. The molecule has 0 aliphatic carbocycles. The molecule has 1 heteroatoms. The van der Waals surface area contributed by atoms with Gasteiger partial charge in [-0.25, -0.2) is 0 Å². The summed E-state index contributed by atoms with van der Waals surface area (Å²) in [5, 5.41) is 7.12. The van der Waals surface area contributed by atoms with Crippen molar-refractivity contribution < 1.29 is 4.79 Å². The Hall–Kier alpha value is -2.41. The van der Waals surface area contributed by atoms with Crippen LogP contribution in [0.2, 0.25) is 0 Å². The molecule has 4 aromatic rings. The number of hydrogen-bond acceptors (Lipinski definition) is 1. The molecule has 0 fully saturated rings. The van der Waals surface area contributed by atoms with Gasteiger partial charge < -0.3 is 0 Å². The van der Waals surface area contributed by atoms with Crippen LogP contribution < -0.4 is 0 Å².